The Morgan fingerprint density at radius 1 is 1.34 bits per heavy atom. The Morgan fingerprint density at radius 3 is 2.72 bits per heavy atom. The topological polar surface area (TPSA) is 78.0 Å². The third kappa shape index (κ3) is 5.37. The van der Waals surface area contributed by atoms with Crippen molar-refractivity contribution in [1.29, 1.82) is 0 Å². The van der Waals surface area contributed by atoms with E-state index in [1.807, 2.05) is 4.90 Å². The maximum Gasteiger partial charge on any atom is 0.209 e. The van der Waals surface area contributed by atoms with E-state index in [1.54, 1.807) is 18.2 Å². The number of guanidine groups is 1. The Morgan fingerprint density at radius 2 is 2.07 bits per heavy atom. The summed E-state index contributed by atoms with van der Waals surface area (Å²) in [6, 6.07) is 6.92. The van der Waals surface area contributed by atoms with Crippen LogP contribution in [0.5, 0.6) is 0 Å². The van der Waals surface area contributed by atoms with Gasteiger partial charge in [-0.1, -0.05) is 51.8 Å². The smallest absolute Gasteiger partial charge is 0.209 e. The van der Waals surface area contributed by atoms with E-state index in [4.69, 9.17) is 10.7 Å². The molecule has 1 fully saturated rings. The number of para-hydroxylation sites is 1. The van der Waals surface area contributed by atoms with Gasteiger partial charge in [-0.05, 0) is 30.9 Å². The van der Waals surface area contributed by atoms with E-state index in [2.05, 4.69) is 36.1 Å². The molecule has 1 heterocycles. The van der Waals surface area contributed by atoms with E-state index >= 15 is 0 Å². The van der Waals surface area contributed by atoms with Crippen LogP contribution in [0.1, 0.15) is 46.0 Å². The summed E-state index contributed by atoms with van der Waals surface area (Å²) in [5, 5.41) is 6.52. The summed E-state index contributed by atoms with van der Waals surface area (Å²) in [6.07, 6.45) is 7.45. The zero-order chi connectivity index (χ0) is 20.8. The van der Waals surface area contributed by atoms with Crippen molar-refractivity contribution in [3.63, 3.8) is 0 Å². The van der Waals surface area contributed by atoms with E-state index < -0.39 is 0 Å². The number of nitrogens with one attached hydrogen (secondary N) is 2. The zero-order valence-electron chi connectivity index (χ0n) is 17.3. The molecule has 1 aromatic rings. The van der Waals surface area contributed by atoms with Gasteiger partial charge in [0.1, 0.15) is 17.3 Å². The molecule has 1 saturated carbocycles. The van der Waals surface area contributed by atoms with Crippen LogP contribution in [0.25, 0.3) is 0 Å². The minimum Gasteiger partial charge on any atom is -0.403 e. The molecule has 0 spiro atoms. The van der Waals surface area contributed by atoms with Crippen molar-refractivity contribution < 1.29 is 4.39 Å². The summed E-state index contributed by atoms with van der Waals surface area (Å²) in [6.45, 7) is 8.97. The molecule has 0 radical (unpaired) electrons. The second kappa shape index (κ2) is 9.58. The Balaban J connectivity index is 1.83. The highest BCUT2D eigenvalue weighted by atomic mass is 19.1. The predicted octanol–water partition coefficient (Wildman–Crippen LogP) is 4.16. The van der Waals surface area contributed by atoms with Gasteiger partial charge >= 0.3 is 0 Å². The van der Waals surface area contributed by atoms with Crippen LogP contribution >= 0.6 is 0 Å². The second-order valence-corrected chi connectivity index (χ2v) is 7.96. The summed E-state index contributed by atoms with van der Waals surface area (Å²) in [5.41, 5.74) is 6.73. The molecule has 2 aliphatic rings. The maximum atomic E-state index is 14.1. The number of halogens is 1. The van der Waals surface area contributed by atoms with Crippen LogP contribution in [0.15, 0.2) is 58.5 Å². The number of nitrogens with zero attached hydrogens (tertiary/aromatic N) is 3. The van der Waals surface area contributed by atoms with Gasteiger partial charge in [-0.3, -0.25) is 4.90 Å². The summed E-state index contributed by atoms with van der Waals surface area (Å²) in [5.74, 6) is 1.72. The molecular weight excluding hydrogens is 367 g/mol. The van der Waals surface area contributed by atoms with Crippen molar-refractivity contribution in [3.05, 3.63) is 54.4 Å². The van der Waals surface area contributed by atoms with Crippen molar-refractivity contribution >= 4 is 17.5 Å². The Hall–Kier alpha value is -2.83. The number of rotatable bonds is 6. The van der Waals surface area contributed by atoms with Gasteiger partial charge in [0.25, 0.3) is 0 Å². The van der Waals surface area contributed by atoms with E-state index in [-0.39, 0.29) is 5.82 Å². The first kappa shape index (κ1) is 20.9. The monoisotopic (exact) mass is 398 g/mol. The lowest BCUT2D eigenvalue weighted by Gasteiger charge is -2.26. The van der Waals surface area contributed by atoms with Gasteiger partial charge < -0.3 is 16.4 Å². The quantitative estimate of drug-likeness (QED) is 0.672. The summed E-state index contributed by atoms with van der Waals surface area (Å²) in [4.78, 5) is 11.2. The molecule has 4 N–H and O–H groups in total. The molecule has 156 valence electrons. The largest absolute Gasteiger partial charge is 0.403 e. The molecule has 0 aromatic heterocycles. The fourth-order valence-electron chi connectivity index (χ4n) is 3.65. The number of amidine groups is 1. The zero-order valence-corrected chi connectivity index (χ0v) is 17.3. The fraction of sp³-hybridized carbons (Fsp3) is 0.455. The van der Waals surface area contributed by atoms with Crippen LogP contribution in [0.4, 0.5) is 10.1 Å². The fourth-order valence-corrected chi connectivity index (χ4v) is 3.65. The average Bonchev–Trinajstić information content (AvgIpc) is 3.00. The lowest BCUT2D eigenvalue weighted by molar-refractivity contribution is 0.395. The van der Waals surface area contributed by atoms with Crippen molar-refractivity contribution in [1.82, 2.24) is 10.2 Å². The van der Waals surface area contributed by atoms with Gasteiger partial charge in [0, 0.05) is 18.8 Å². The Labute approximate surface area is 172 Å². The first-order valence-electron chi connectivity index (χ1n) is 10.3. The van der Waals surface area contributed by atoms with E-state index in [0.717, 1.165) is 12.8 Å². The Bertz CT molecular complexity index is 820. The van der Waals surface area contributed by atoms with E-state index in [0.29, 0.717) is 47.5 Å². The third-order valence-corrected chi connectivity index (χ3v) is 5.01. The third-order valence-electron chi connectivity index (χ3n) is 5.01. The van der Waals surface area contributed by atoms with Crippen LogP contribution in [0.2, 0.25) is 0 Å². The van der Waals surface area contributed by atoms with Gasteiger partial charge in [-0.2, -0.15) is 0 Å². The number of nitrogens with two attached hydrogens (primary N) is 1. The normalized spacial score (nSPS) is 20.4. The highest BCUT2D eigenvalue weighted by molar-refractivity contribution is 6.18. The molecule has 1 aliphatic heterocycles. The lowest BCUT2D eigenvalue weighted by atomic mass is 9.96. The van der Waals surface area contributed by atoms with Gasteiger partial charge in [-0.15, -0.1) is 0 Å². The van der Waals surface area contributed by atoms with Gasteiger partial charge in [-0.25, -0.2) is 14.4 Å². The number of hydrogen-bond acceptors (Lipinski definition) is 5. The van der Waals surface area contributed by atoms with E-state index in [1.165, 1.54) is 31.5 Å². The molecule has 6 nitrogen and oxygen atoms in total. The van der Waals surface area contributed by atoms with Crippen molar-refractivity contribution in [2.45, 2.75) is 52.0 Å². The SMILES string of the molecule is C=C(/N=C1\C(=C/N)N=C(Nc2ccccc2F)N1CC(C)C)NC1CCCCC1. The summed E-state index contributed by atoms with van der Waals surface area (Å²) >= 11 is 0. The number of aliphatic imine (C=N–C) groups is 2. The average molecular weight is 399 g/mol. The van der Waals surface area contributed by atoms with Crippen LogP contribution in [-0.4, -0.2) is 29.3 Å². The highest BCUT2D eigenvalue weighted by Gasteiger charge is 2.30. The molecule has 0 amide bonds. The first-order valence-corrected chi connectivity index (χ1v) is 10.3. The minimum atomic E-state index is -0.341. The molecule has 1 aliphatic carbocycles. The lowest BCUT2D eigenvalue weighted by Crippen LogP contribution is -2.40. The summed E-state index contributed by atoms with van der Waals surface area (Å²) < 4.78 is 14.1. The first-order chi connectivity index (χ1) is 14.0. The molecule has 7 heteroatoms. The second-order valence-electron chi connectivity index (χ2n) is 7.96. The van der Waals surface area contributed by atoms with Crippen LogP contribution < -0.4 is 16.4 Å². The van der Waals surface area contributed by atoms with Crippen molar-refractivity contribution in [2.75, 3.05) is 11.9 Å². The van der Waals surface area contributed by atoms with Crippen LogP contribution in [0.3, 0.4) is 0 Å². The predicted molar refractivity (Wildman–Crippen MR) is 118 cm³/mol. The van der Waals surface area contributed by atoms with Gasteiger partial charge in [0.2, 0.25) is 5.96 Å². The molecule has 0 saturated heterocycles. The maximum absolute atomic E-state index is 14.1. The number of anilines is 1. The van der Waals surface area contributed by atoms with Crippen molar-refractivity contribution in [2.24, 2.45) is 21.6 Å². The Kier molecular flexibility index (Phi) is 6.90. The molecule has 29 heavy (non-hydrogen) atoms. The van der Waals surface area contributed by atoms with Gasteiger partial charge in [0.15, 0.2) is 5.84 Å². The van der Waals surface area contributed by atoms with Crippen LogP contribution in [0, 0.1) is 11.7 Å². The minimum absolute atomic E-state index is 0.338. The summed E-state index contributed by atoms with van der Waals surface area (Å²) in [7, 11) is 0. The molecule has 0 unspecified atom stereocenters. The highest BCUT2D eigenvalue weighted by Crippen LogP contribution is 2.23. The van der Waals surface area contributed by atoms with E-state index in [9.17, 15) is 4.39 Å². The molecule has 0 bridgehead atoms. The number of benzene rings is 1. The van der Waals surface area contributed by atoms with Crippen LogP contribution in [-0.2, 0) is 0 Å². The van der Waals surface area contributed by atoms with Gasteiger partial charge in [0.05, 0.1) is 5.69 Å². The number of hydrogen-bond donors (Lipinski definition) is 3. The van der Waals surface area contributed by atoms with Crippen molar-refractivity contribution in [3.8, 4) is 0 Å². The molecular formula is C22H31FN6. The molecule has 0 atom stereocenters. The molecule has 1 aromatic carbocycles. The standard InChI is InChI=1S/C22H31FN6/c1-15(2)14-29-21(26-16(3)25-17-9-5-4-6-10-17)20(13-24)28-22(29)27-19-12-8-7-11-18(19)23/h7-8,11-13,15,17,25H,3-6,9-10,14,24H2,1-2H3,(H,27,28)/b20-13+,26-21+. The molecule has 3 rings (SSSR count).